The molecule has 1 N–H and O–H groups in total. The minimum absolute atomic E-state index is 0.0336. The number of hydrogen-bond donors (Lipinski definition) is 1. The van der Waals surface area contributed by atoms with Crippen LogP contribution >= 0.6 is 0 Å². The van der Waals surface area contributed by atoms with E-state index in [1.54, 1.807) is 24.3 Å². The number of anilines is 1. The van der Waals surface area contributed by atoms with Crippen molar-refractivity contribution >= 4 is 21.7 Å². The summed E-state index contributed by atoms with van der Waals surface area (Å²) in [5.74, 6) is 1.90. The molecule has 0 atom stereocenters. The summed E-state index contributed by atoms with van der Waals surface area (Å²) in [6.07, 6.45) is 5.28. The Morgan fingerprint density at radius 3 is 2.45 bits per heavy atom. The zero-order chi connectivity index (χ0) is 16.2. The number of ether oxygens (including phenoxy) is 1. The molecule has 0 spiro atoms. The highest BCUT2D eigenvalue weighted by Gasteiger charge is 2.15. The molecule has 0 bridgehead atoms. The summed E-state index contributed by atoms with van der Waals surface area (Å²) in [6, 6.07) is 12.0. The van der Waals surface area contributed by atoms with Gasteiger partial charge in [0.2, 0.25) is 0 Å². The lowest BCUT2D eigenvalue weighted by Crippen LogP contribution is -2.13. The fourth-order valence-corrected chi connectivity index (χ4v) is 2.82. The number of sulfonamides is 1. The molecule has 0 unspecified atom stereocenters. The smallest absolute Gasteiger partial charge is 0.337 e. The molecule has 5 nitrogen and oxygen atoms in total. The van der Waals surface area contributed by atoms with Crippen molar-refractivity contribution in [2.45, 2.75) is 4.90 Å². The van der Waals surface area contributed by atoms with Gasteiger partial charge < -0.3 is 4.74 Å². The van der Waals surface area contributed by atoms with Crippen molar-refractivity contribution in [3.8, 4) is 12.3 Å². The van der Waals surface area contributed by atoms with Gasteiger partial charge in [0.05, 0.1) is 23.3 Å². The molecule has 0 fully saturated rings. The minimum Gasteiger partial charge on any atom is -0.465 e. The van der Waals surface area contributed by atoms with Gasteiger partial charge in [-0.05, 0) is 42.5 Å². The summed E-state index contributed by atoms with van der Waals surface area (Å²) < 4.78 is 31.5. The normalized spacial score (nSPS) is 10.5. The zero-order valence-corrected chi connectivity index (χ0v) is 12.6. The molecule has 6 heteroatoms. The molecule has 2 aromatic rings. The number of hydrogen-bond acceptors (Lipinski definition) is 4. The van der Waals surface area contributed by atoms with E-state index in [0.29, 0.717) is 11.3 Å². The lowest BCUT2D eigenvalue weighted by atomic mass is 10.2. The lowest BCUT2D eigenvalue weighted by Gasteiger charge is -2.09. The Labute approximate surface area is 129 Å². The zero-order valence-electron chi connectivity index (χ0n) is 11.7. The molecule has 0 aliphatic carbocycles. The Kier molecular flexibility index (Phi) is 4.49. The SMILES string of the molecule is C#Cc1cccc(NS(=O)(=O)c2ccc(C(=O)OC)cc2)c1. The van der Waals surface area contributed by atoms with Crippen LogP contribution in [-0.2, 0) is 14.8 Å². The van der Waals surface area contributed by atoms with Crippen LogP contribution < -0.4 is 4.72 Å². The number of carbonyl (C=O) groups excluding carboxylic acids is 1. The van der Waals surface area contributed by atoms with E-state index in [0.717, 1.165) is 0 Å². The first-order valence-corrected chi connectivity index (χ1v) is 7.72. The van der Waals surface area contributed by atoms with Gasteiger partial charge in [-0.15, -0.1) is 6.42 Å². The molecular weight excluding hydrogens is 302 g/mol. The predicted octanol–water partition coefficient (Wildman–Crippen LogP) is 2.26. The number of esters is 1. The van der Waals surface area contributed by atoms with Crippen molar-refractivity contribution in [1.82, 2.24) is 0 Å². The van der Waals surface area contributed by atoms with E-state index in [1.807, 2.05) is 0 Å². The van der Waals surface area contributed by atoms with Crippen LogP contribution in [0, 0.1) is 12.3 Å². The van der Waals surface area contributed by atoms with Gasteiger partial charge in [0.25, 0.3) is 10.0 Å². The molecule has 0 amide bonds. The summed E-state index contributed by atoms with van der Waals surface area (Å²) >= 11 is 0. The van der Waals surface area contributed by atoms with Crippen LogP contribution in [0.4, 0.5) is 5.69 Å². The summed E-state index contributed by atoms with van der Waals surface area (Å²) in [5.41, 5.74) is 1.21. The highest BCUT2D eigenvalue weighted by atomic mass is 32.2. The number of rotatable bonds is 4. The molecule has 2 rings (SSSR count). The topological polar surface area (TPSA) is 72.5 Å². The highest BCUT2D eigenvalue weighted by molar-refractivity contribution is 7.92. The number of benzene rings is 2. The summed E-state index contributed by atoms with van der Waals surface area (Å²) in [6.45, 7) is 0. The summed E-state index contributed by atoms with van der Waals surface area (Å²) in [5, 5.41) is 0. The second kappa shape index (κ2) is 6.33. The van der Waals surface area contributed by atoms with Crippen molar-refractivity contribution in [2.24, 2.45) is 0 Å². The van der Waals surface area contributed by atoms with E-state index in [9.17, 15) is 13.2 Å². The van der Waals surface area contributed by atoms with E-state index in [-0.39, 0.29) is 10.5 Å². The Bertz CT molecular complexity index is 833. The van der Waals surface area contributed by atoms with Crippen molar-refractivity contribution in [2.75, 3.05) is 11.8 Å². The van der Waals surface area contributed by atoms with Gasteiger partial charge in [-0.1, -0.05) is 12.0 Å². The third-order valence-corrected chi connectivity index (χ3v) is 4.26. The van der Waals surface area contributed by atoms with Gasteiger partial charge in [0.1, 0.15) is 0 Å². The third-order valence-electron chi connectivity index (χ3n) is 2.87. The van der Waals surface area contributed by atoms with E-state index >= 15 is 0 Å². The van der Waals surface area contributed by atoms with Crippen molar-refractivity contribution in [3.05, 3.63) is 59.7 Å². The Hall–Kier alpha value is -2.78. The first-order valence-electron chi connectivity index (χ1n) is 6.24. The van der Waals surface area contributed by atoms with Gasteiger partial charge in [-0.2, -0.15) is 0 Å². The van der Waals surface area contributed by atoms with Gasteiger partial charge in [-0.3, -0.25) is 4.72 Å². The minimum atomic E-state index is -3.76. The molecule has 22 heavy (non-hydrogen) atoms. The molecule has 0 aromatic heterocycles. The Morgan fingerprint density at radius 2 is 1.86 bits per heavy atom. The average Bonchev–Trinajstić information content (AvgIpc) is 2.54. The molecule has 0 aliphatic heterocycles. The second-order valence-corrected chi connectivity index (χ2v) is 6.03. The number of carbonyl (C=O) groups is 1. The maximum atomic E-state index is 12.3. The predicted molar refractivity (Wildman–Crippen MR) is 83.0 cm³/mol. The van der Waals surface area contributed by atoms with Gasteiger partial charge in [0, 0.05) is 5.56 Å². The van der Waals surface area contributed by atoms with Crippen molar-refractivity contribution in [3.63, 3.8) is 0 Å². The van der Waals surface area contributed by atoms with Crippen LogP contribution in [0.2, 0.25) is 0 Å². The Balaban J connectivity index is 2.27. The van der Waals surface area contributed by atoms with Crippen LogP contribution in [0.1, 0.15) is 15.9 Å². The monoisotopic (exact) mass is 315 g/mol. The van der Waals surface area contributed by atoms with Gasteiger partial charge >= 0.3 is 5.97 Å². The van der Waals surface area contributed by atoms with Gasteiger partial charge in [-0.25, -0.2) is 13.2 Å². The van der Waals surface area contributed by atoms with Crippen LogP contribution in [0.25, 0.3) is 0 Å². The average molecular weight is 315 g/mol. The number of methoxy groups -OCH3 is 1. The number of nitrogens with one attached hydrogen (secondary N) is 1. The maximum Gasteiger partial charge on any atom is 0.337 e. The van der Waals surface area contributed by atoms with Crippen LogP contribution in [-0.4, -0.2) is 21.5 Å². The molecule has 0 radical (unpaired) electrons. The largest absolute Gasteiger partial charge is 0.465 e. The first-order chi connectivity index (χ1) is 10.5. The molecular formula is C16H13NO4S. The lowest BCUT2D eigenvalue weighted by molar-refractivity contribution is 0.0600. The summed E-state index contributed by atoms with van der Waals surface area (Å²) in [7, 11) is -2.50. The van der Waals surface area contributed by atoms with Crippen molar-refractivity contribution in [1.29, 1.82) is 0 Å². The molecule has 112 valence electrons. The molecule has 0 aliphatic rings. The fraction of sp³-hybridized carbons (Fsp3) is 0.0625. The fourth-order valence-electron chi connectivity index (χ4n) is 1.77. The third kappa shape index (κ3) is 3.45. The maximum absolute atomic E-state index is 12.3. The second-order valence-electron chi connectivity index (χ2n) is 4.35. The van der Waals surface area contributed by atoms with E-state index in [1.165, 1.54) is 31.4 Å². The first kappa shape index (κ1) is 15.6. The van der Waals surface area contributed by atoms with E-state index in [4.69, 9.17) is 6.42 Å². The van der Waals surface area contributed by atoms with Crippen LogP contribution in [0.15, 0.2) is 53.4 Å². The van der Waals surface area contributed by atoms with E-state index < -0.39 is 16.0 Å². The standard InChI is InChI=1S/C16H13NO4S/c1-3-12-5-4-6-14(11-12)17-22(19,20)15-9-7-13(8-10-15)16(18)21-2/h1,4-11,17H,2H3. The molecule has 2 aromatic carbocycles. The quantitative estimate of drug-likeness (QED) is 0.694. The van der Waals surface area contributed by atoms with Crippen LogP contribution in [0.3, 0.4) is 0 Å². The van der Waals surface area contributed by atoms with Gasteiger partial charge in [0.15, 0.2) is 0 Å². The Morgan fingerprint density at radius 1 is 1.18 bits per heavy atom. The highest BCUT2D eigenvalue weighted by Crippen LogP contribution is 2.17. The van der Waals surface area contributed by atoms with E-state index in [2.05, 4.69) is 15.4 Å². The van der Waals surface area contributed by atoms with Crippen molar-refractivity contribution < 1.29 is 17.9 Å². The number of terminal acetylenes is 1. The van der Waals surface area contributed by atoms with Crippen LogP contribution in [0.5, 0.6) is 0 Å². The molecule has 0 saturated carbocycles. The molecule has 0 heterocycles. The molecule has 0 saturated heterocycles. The summed E-state index contributed by atoms with van der Waals surface area (Å²) in [4.78, 5) is 11.4.